The Hall–Kier alpha value is -1.33. The minimum atomic E-state index is -1.06. The zero-order chi connectivity index (χ0) is 13.5. The van der Waals surface area contributed by atoms with Crippen molar-refractivity contribution in [3.05, 3.63) is 23.7 Å². The van der Waals surface area contributed by atoms with Gasteiger partial charge in [-0.15, -0.1) is 0 Å². The van der Waals surface area contributed by atoms with Crippen LogP contribution < -0.4 is 5.32 Å². The maximum atomic E-state index is 10.7. The van der Waals surface area contributed by atoms with Crippen LogP contribution in [0.5, 0.6) is 0 Å². The summed E-state index contributed by atoms with van der Waals surface area (Å²) in [5.74, 6) is -0.0566. The highest BCUT2D eigenvalue weighted by atomic mass is 16.4. The van der Waals surface area contributed by atoms with Crippen molar-refractivity contribution in [3.63, 3.8) is 0 Å². The van der Waals surface area contributed by atoms with Crippen LogP contribution in [-0.2, 0) is 0 Å². The van der Waals surface area contributed by atoms with Crippen molar-refractivity contribution in [1.82, 2.24) is 5.32 Å². The van der Waals surface area contributed by atoms with E-state index in [-0.39, 0.29) is 18.4 Å². The van der Waals surface area contributed by atoms with Gasteiger partial charge >= 0.3 is 5.97 Å². The molecular weight excluding hydrogens is 234 g/mol. The number of hydrogen-bond acceptors (Lipinski definition) is 4. The fraction of sp³-hybridized carbons (Fsp3) is 0.615. The third-order valence-corrected chi connectivity index (χ3v) is 3.09. The summed E-state index contributed by atoms with van der Waals surface area (Å²) in [7, 11) is 0. The van der Waals surface area contributed by atoms with Crippen molar-refractivity contribution in [2.45, 2.75) is 32.7 Å². The molecule has 2 atom stereocenters. The summed E-state index contributed by atoms with van der Waals surface area (Å²) in [6.45, 7) is 4.98. The molecule has 0 aliphatic heterocycles. The lowest BCUT2D eigenvalue weighted by atomic mass is 10.0. The van der Waals surface area contributed by atoms with Crippen molar-refractivity contribution in [2.75, 3.05) is 13.2 Å². The van der Waals surface area contributed by atoms with E-state index >= 15 is 0 Å². The number of hydrogen-bond donors (Lipinski definition) is 3. The van der Waals surface area contributed by atoms with E-state index < -0.39 is 5.97 Å². The van der Waals surface area contributed by atoms with E-state index in [1.807, 2.05) is 6.92 Å². The molecule has 0 amide bonds. The van der Waals surface area contributed by atoms with Crippen molar-refractivity contribution < 1.29 is 19.4 Å². The average molecular weight is 255 g/mol. The van der Waals surface area contributed by atoms with Crippen LogP contribution in [0.3, 0.4) is 0 Å². The molecule has 3 N–H and O–H groups in total. The third-order valence-electron chi connectivity index (χ3n) is 3.09. The molecular formula is C13H21NO4. The summed E-state index contributed by atoms with van der Waals surface area (Å²) < 4.78 is 5.22. The quantitative estimate of drug-likeness (QED) is 0.662. The zero-order valence-corrected chi connectivity index (χ0v) is 10.8. The van der Waals surface area contributed by atoms with E-state index in [1.54, 1.807) is 6.07 Å². The number of aliphatic hydroxyl groups is 1. The predicted molar refractivity (Wildman–Crippen MR) is 67.6 cm³/mol. The van der Waals surface area contributed by atoms with Crippen LogP contribution in [0.1, 0.15) is 49.0 Å². The van der Waals surface area contributed by atoms with Gasteiger partial charge in [0.1, 0.15) is 5.76 Å². The lowest BCUT2D eigenvalue weighted by molar-refractivity contribution is 0.0659. The highest BCUT2D eigenvalue weighted by Gasteiger charge is 2.15. The van der Waals surface area contributed by atoms with Gasteiger partial charge in [-0.05, 0) is 37.9 Å². The van der Waals surface area contributed by atoms with Crippen LogP contribution in [0.15, 0.2) is 16.5 Å². The van der Waals surface area contributed by atoms with E-state index in [0.29, 0.717) is 11.7 Å². The summed E-state index contributed by atoms with van der Waals surface area (Å²) in [6, 6.07) is 3.10. The highest BCUT2D eigenvalue weighted by Crippen LogP contribution is 2.17. The summed E-state index contributed by atoms with van der Waals surface area (Å²) in [5.41, 5.74) is 0. The van der Waals surface area contributed by atoms with Gasteiger partial charge < -0.3 is 19.9 Å². The van der Waals surface area contributed by atoms with Crippen LogP contribution in [0.25, 0.3) is 0 Å². The Bertz CT molecular complexity index is 375. The maximum absolute atomic E-state index is 10.7. The highest BCUT2D eigenvalue weighted by molar-refractivity contribution is 5.84. The van der Waals surface area contributed by atoms with Crippen molar-refractivity contribution >= 4 is 5.97 Å². The Kier molecular flexibility index (Phi) is 5.88. The van der Waals surface area contributed by atoms with Crippen molar-refractivity contribution in [2.24, 2.45) is 5.92 Å². The number of carboxylic acids is 1. The Balaban J connectivity index is 2.48. The number of carbonyl (C=O) groups is 1. The molecule has 0 spiro atoms. The number of aromatic carboxylic acids is 1. The van der Waals surface area contributed by atoms with Crippen molar-refractivity contribution in [1.29, 1.82) is 0 Å². The Morgan fingerprint density at radius 1 is 1.50 bits per heavy atom. The fourth-order valence-electron chi connectivity index (χ4n) is 1.78. The summed E-state index contributed by atoms with van der Waals surface area (Å²) in [6.07, 6.45) is 1.77. The Labute approximate surface area is 107 Å². The van der Waals surface area contributed by atoms with Crippen LogP contribution in [0.4, 0.5) is 0 Å². The SMILES string of the molecule is CCC(CCO)CNC(C)c1ccc(C(=O)O)o1. The topological polar surface area (TPSA) is 82.7 Å². The maximum Gasteiger partial charge on any atom is 0.371 e. The molecule has 0 bridgehead atoms. The monoisotopic (exact) mass is 255 g/mol. The van der Waals surface area contributed by atoms with Crippen LogP contribution in [-0.4, -0.2) is 29.3 Å². The molecule has 18 heavy (non-hydrogen) atoms. The molecule has 0 aromatic carbocycles. The lowest BCUT2D eigenvalue weighted by Crippen LogP contribution is -2.25. The Morgan fingerprint density at radius 2 is 2.22 bits per heavy atom. The average Bonchev–Trinajstić information content (AvgIpc) is 2.83. The first-order valence-electron chi connectivity index (χ1n) is 6.25. The molecule has 0 saturated heterocycles. The van der Waals surface area contributed by atoms with E-state index in [4.69, 9.17) is 14.6 Å². The van der Waals surface area contributed by atoms with Crippen LogP contribution >= 0.6 is 0 Å². The third kappa shape index (κ3) is 4.16. The van der Waals surface area contributed by atoms with Gasteiger partial charge in [-0.3, -0.25) is 0 Å². The van der Waals surface area contributed by atoms with Gasteiger partial charge in [0, 0.05) is 6.61 Å². The molecule has 102 valence electrons. The van der Waals surface area contributed by atoms with Gasteiger partial charge in [0.25, 0.3) is 0 Å². The summed E-state index contributed by atoms with van der Waals surface area (Å²) in [5, 5.41) is 21.0. The number of nitrogens with one attached hydrogen (secondary N) is 1. The first-order chi connectivity index (χ1) is 8.58. The molecule has 1 aromatic rings. The van der Waals surface area contributed by atoms with Crippen LogP contribution in [0, 0.1) is 5.92 Å². The minimum Gasteiger partial charge on any atom is -0.475 e. The zero-order valence-electron chi connectivity index (χ0n) is 10.8. The number of carboxylic acid groups (broad SMARTS) is 1. The standard InChI is InChI=1S/C13H21NO4/c1-3-10(6-7-15)8-14-9(2)11-4-5-12(18-11)13(16)17/h4-5,9-10,14-15H,3,6-8H2,1-2H3,(H,16,17). The molecule has 1 heterocycles. The van der Waals surface area contributed by atoms with Gasteiger partial charge in [0.2, 0.25) is 5.76 Å². The number of furan rings is 1. The fourth-order valence-corrected chi connectivity index (χ4v) is 1.78. The molecule has 0 saturated carbocycles. The second-order valence-electron chi connectivity index (χ2n) is 4.42. The molecule has 5 nitrogen and oxygen atoms in total. The van der Waals surface area contributed by atoms with Gasteiger partial charge in [0.05, 0.1) is 6.04 Å². The van der Waals surface area contributed by atoms with E-state index in [2.05, 4.69) is 12.2 Å². The molecule has 1 rings (SSSR count). The van der Waals surface area contributed by atoms with E-state index in [0.717, 1.165) is 19.4 Å². The molecule has 5 heteroatoms. The number of rotatable bonds is 8. The van der Waals surface area contributed by atoms with E-state index in [1.165, 1.54) is 6.07 Å². The molecule has 0 radical (unpaired) electrons. The number of aliphatic hydroxyl groups excluding tert-OH is 1. The molecule has 0 aliphatic carbocycles. The molecule has 0 aliphatic rings. The molecule has 1 aromatic heterocycles. The second kappa shape index (κ2) is 7.18. The van der Waals surface area contributed by atoms with E-state index in [9.17, 15) is 4.79 Å². The van der Waals surface area contributed by atoms with Gasteiger partial charge in [0.15, 0.2) is 0 Å². The van der Waals surface area contributed by atoms with Gasteiger partial charge in [-0.2, -0.15) is 0 Å². The van der Waals surface area contributed by atoms with Crippen molar-refractivity contribution in [3.8, 4) is 0 Å². The van der Waals surface area contributed by atoms with Gasteiger partial charge in [-0.1, -0.05) is 13.3 Å². The Morgan fingerprint density at radius 3 is 2.72 bits per heavy atom. The minimum absolute atomic E-state index is 0.0363. The van der Waals surface area contributed by atoms with Gasteiger partial charge in [-0.25, -0.2) is 4.79 Å². The normalized spacial score (nSPS) is 14.4. The largest absolute Gasteiger partial charge is 0.475 e. The molecule has 2 unspecified atom stereocenters. The smallest absolute Gasteiger partial charge is 0.371 e. The summed E-state index contributed by atoms with van der Waals surface area (Å²) >= 11 is 0. The molecule has 0 fully saturated rings. The summed E-state index contributed by atoms with van der Waals surface area (Å²) in [4.78, 5) is 10.7. The lowest BCUT2D eigenvalue weighted by Gasteiger charge is -2.17. The second-order valence-corrected chi connectivity index (χ2v) is 4.42. The van der Waals surface area contributed by atoms with Crippen LogP contribution in [0.2, 0.25) is 0 Å². The first kappa shape index (κ1) is 14.7. The predicted octanol–water partition coefficient (Wildman–Crippen LogP) is 2.04. The first-order valence-corrected chi connectivity index (χ1v) is 6.25.